The Bertz CT molecular complexity index is 1190. The van der Waals surface area contributed by atoms with E-state index in [0.717, 1.165) is 11.3 Å². The molecule has 0 unspecified atom stereocenters. The number of ether oxygens (including phenoxy) is 2. The lowest BCUT2D eigenvalue weighted by atomic mass is 10.1. The van der Waals surface area contributed by atoms with Gasteiger partial charge in [-0.15, -0.1) is 0 Å². The highest BCUT2D eigenvalue weighted by molar-refractivity contribution is 6.07. The molecule has 0 saturated carbocycles. The normalized spacial score (nSPS) is 12.6. The van der Waals surface area contributed by atoms with Crippen molar-refractivity contribution in [1.82, 2.24) is 9.36 Å². The van der Waals surface area contributed by atoms with Gasteiger partial charge >= 0.3 is 0 Å². The SMILES string of the molecule is CCOc1cccc2c1OCC(C(=O)Nc1c(C)n(C)n(-c3ccccc3)c1=O)=C2. The second-order valence-corrected chi connectivity index (χ2v) is 6.96. The van der Waals surface area contributed by atoms with Crippen LogP contribution in [-0.2, 0) is 11.8 Å². The minimum atomic E-state index is -0.367. The molecule has 1 amide bonds. The van der Waals surface area contributed by atoms with E-state index in [1.165, 1.54) is 4.68 Å². The van der Waals surface area contributed by atoms with Gasteiger partial charge in [0.05, 0.1) is 23.6 Å². The summed E-state index contributed by atoms with van der Waals surface area (Å²) in [4.78, 5) is 25.9. The van der Waals surface area contributed by atoms with E-state index < -0.39 is 0 Å². The fraction of sp³-hybridized carbons (Fsp3) is 0.217. The van der Waals surface area contributed by atoms with E-state index in [2.05, 4.69) is 5.32 Å². The Labute approximate surface area is 174 Å². The van der Waals surface area contributed by atoms with Gasteiger partial charge in [-0.3, -0.25) is 14.3 Å². The summed E-state index contributed by atoms with van der Waals surface area (Å²) in [6, 6.07) is 14.8. The third kappa shape index (κ3) is 3.39. The van der Waals surface area contributed by atoms with Gasteiger partial charge in [0.15, 0.2) is 11.5 Å². The Morgan fingerprint density at radius 1 is 1.17 bits per heavy atom. The number of nitrogens with zero attached hydrogens (tertiary/aromatic N) is 2. The molecule has 2 heterocycles. The van der Waals surface area contributed by atoms with Gasteiger partial charge in [-0.1, -0.05) is 30.3 Å². The van der Waals surface area contributed by atoms with E-state index in [4.69, 9.17) is 9.47 Å². The molecule has 3 aromatic rings. The number of benzene rings is 2. The van der Waals surface area contributed by atoms with Gasteiger partial charge in [0.1, 0.15) is 12.3 Å². The van der Waals surface area contributed by atoms with Crippen LogP contribution < -0.4 is 20.3 Å². The fourth-order valence-electron chi connectivity index (χ4n) is 3.49. The Kier molecular flexibility index (Phi) is 5.18. The quantitative estimate of drug-likeness (QED) is 0.707. The lowest BCUT2D eigenvalue weighted by Crippen LogP contribution is -2.26. The minimum absolute atomic E-state index is 0.0989. The summed E-state index contributed by atoms with van der Waals surface area (Å²) in [6.07, 6.45) is 1.77. The van der Waals surface area contributed by atoms with Crippen molar-refractivity contribution in [3.8, 4) is 17.2 Å². The first-order valence-corrected chi connectivity index (χ1v) is 9.75. The Balaban J connectivity index is 1.64. The van der Waals surface area contributed by atoms with Crippen molar-refractivity contribution < 1.29 is 14.3 Å². The maximum atomic E-state index is 13.0. The average molecular weight is 405 g/mol. The molecule has 1 N–H and O–H groups in total. The van der Waals surface area contributed by atoms with E-state index >= 15 is 0 Å². The molecule has 0 atom stereocenters. The standard InChI is InChI=1S/C23H23N3O4/c1-4-29-19-12-8-9-16-13-17(14-30-21(16)19)22(27)24-20-15(2)25(3)26(23(20)28)18-10-6-5-7-11-18/h5-13H,4,14H2,1-3H3,(H,24,27). The highest BCUT2D eigenvalue weighted by Gasteiger charge is 2.23. The molecule has 0 fully saturated rings. The third-order valence-electron chi connectivity index (χ3n) is 5.10. The molecule has 0 saturated heterocycles. The van der Waals surface area contributed by atoms with E-state index in [1.54, 1.807) is 24.7 Å². The number of carbonyl (C=O) groups excluding carboxylic acids is 1. The maximum Gasteiger partial charge on any atom is 0.295 e. The van der Waals surface area contributed by atoms with Crippen LogP contribution in [0.1, 0.15) is 18.2 Å². The Hall–Kier alpha value is -3.74. The van der Waals surface area contributed by atoms with E-state index in [0.29, 0.717) is 29.4 Å². The van der Waals surface area contributed by atoms with Crippen molar-refractivity contribution in [2.24, 2.45) is 7.05 Å². The fourth-order valence-corrected chi connectivity index (χ4v) is 3.49. The molecule has 0 bridgehead atoms. The number of rotatable bonds is 5. The van der Waals surface area contributed by atoms with Crippen molar-refractivity contribution in [2.45, 2.75) is 13.8 Å². The molecule has 0 aliphatic carbocycles. The number of fused-ring (bicyclic) bond motifs is 1. The van der Waals surface area contributed by atoms with Gasteiger partial charge in [-0.2, -0.15) is 0 Å². The number of anilines is 1. The molecular formula is C23H23N3O4. The van der Waals surface area contributed by atoms with Crippen molar-refractivity contribution in [3.05, 3.63) is 75.7 Å². The molecule has 7 heteroatoms. The van der Waals surface area contributed by atoms with E-state index in [9.17, 15) is 9.59 Å². The lowest BCUT2D eigenvalue weighted by Gasteiger charge is -2.20. The zero-order valence-corrected chi connectivity index (χ0v) is 17.1. The van der Waals surface area contributed by atoms with Gasteiger partial charge in [-0.05, 0) is 38.1 Å². The smallest absolute Gasteiger partial charge is 0.295 e. The largest absolute Gasteiger partial charge is 0.490 e. The first-order valence-electron chi connectivity index (χ1n) is 9.75. The number of carbonyl (C=O) groups is 1. The predicted octanol–water partition coefficient (Wildman–Crippen LogP) is 3.30. The van der Waals surface area contributed by atoms with Gasteiger partial charge in [0.2, 0.25) is 0 Å². The predicted molar refractivity (Wildman–Crippen MR) is 115 cm³/mol. The molecule has 0 radical (unpaired) electrons. The van der Waals surface area contributed by atoms with Crippen LogP contribution >= 0.6 is 0 Å². The lowest BCUT2D eigenvalue weighted by molar-refractivity contribution is -0.113. The summed E-state index contributed by atoms with van der Waals surface area (Å²) in [5, 5.41) is 2.78. The number of hydrogen-bond acceptors (Lipinski definition) is 4. The summed E-state index contributed by atoms with van der Waals surface area (Å²) >= 11 is 0. The second-order valence-electron chi connectivity index (χ2n) is 6.96. The van der Waals surface area contributed by atoms with Crippen LogP contribution in [0, 0.1) is 6.92 Å². The second kappa shape index (κ2) is 7.94. The number of hydrogen-bond donors (Lipinski definition) is 1. The summed E-state index contributed by atoms with van der Waals surface area (Å²) in [5.41, 5.74) is 2.56. The first-order chi connectivity index (χ1) is 14.5. The number of aromatic nitrogens is 2. The van der Waals surface area contributed by atoms with Crippen LogP contribution in [0.5, 0.6) is 11.5 Å². The molecule has 30 heavy (non-hydrogen) atoms. The molecule has 1 aliphatic rings. The molecule has 2 aromatic carbocycles. The topological polar surface area (TPSA) is 74.5 Å². The highest BCUT2D eigenvalue weighted by Crippen LogP contribution is 2.36. The molecule has 1 aromatic heterocycles. The van der Waals surface area contributed by atoms with Crippen LogP contribution in [0.4, 0.5) is 5.69 Å². The first kappa shape index (κ1) is 19.6. The van der Waals surface area contributed by atoms with Gasteiger partial charge < -0.3 is 14.8 Å². The highest BCUT2D eigenvalue weighted by atomic mass is 16.5. The minimum Gasteiger partial charge on any atom is -0.490 e. The van der Waals surface area contributed by atoms with E-state index in [-0.39, 0.29) is 23.8 Å². The average Bonchev–Trinajstić information content (AvgIpc) is 2.97. The van der Waals surface area contributed by atoms with Crippen LogP contribution in [0.2, 0.25) is 0 Å². The summed E-state index contributed by atoms with van der Waals surface area (Å²) in [6.45, 7) is 4.33. The number of amides is 1. The molecule has 4 rings (SSSR count). The molecule has 1 aliphatic heterocycles. The maximum absolute atomic E-state index is 13.0. The van der Waals surface area contributed by atoms with Gasteiger partial charge in [0.25, 0.3) is 11.5 Å². The van der Waals surface area contributed by atoms with Crippen molar-refractivity contribution in [2.75, 3.05) is 18.5 Å². The zero-order chi connectivity index (χ0) is 21.3. The third-order valence-corrected chi connectivity index (χ3v) is 5.10. The van der Waals surface area contributed by atoms with Crippen LogP contribution in [-0.4, -0.2) is 28.5 Å². The van der Waals surface area contributed by atoms with Crippen LogP contribution in [0.3, 0.4) is 0 Å². The molecular weight excluding hydrogens is 382 g/mol. The molecule has 154 valence electrons. The Morgan fingerprint density at radius 3 is 2.67 bits per heavy atom. The summed E-state index contributed by atoms with van der Waals surface area (Å²) in [7, 11) is 1.79. The Morgan fingerprint density at radius 2 is 1.93 bits per heavy atom. The zero-order valence-electron chi connectivity index (χ0n) is 17.1. The van der Waals surface area contributed by atoms with Gasteiger partial charge in [-0.25, -0.2) is 4.68 Å². The number of nitrogens with one attached hydrogen (secondary N) is 1. The van der Waals surface area contributed by atoms with Gasteiger partial charge in [0, 0.05) is 12.6 Å². The molecule has 7 nitrogen and oxygen atoms in total. The summed E-state index contributed by atoms with van der Waals surface area (Å²) in [5.74, 6) is 0.905. The number of para-hydroxylation sites is 2. The molecule has 0 spiro atoms. The van der Waals surface area contributed by atoms with Crippen LogP contribution in [0.15, 0.2) is 58.9 Å². The summed E-state index contributed by atoms with van der Waals surface area (Å²) < 4.78 is 14.6. The van der Waals surface area contributed by atoms with Crippen molar-refractivity contribution >= 4 is 17.7 Å². The van der Waals surface area contributed by atoms with Crippen molar-refractivity contribution in [1.29, 1.82) is 0 Å². The van der Waals surface area contributed by atoms with Crippen LogP contribution in [0.25, 0.3) is 11.8 Å². The monoisotopic (exact) mass is 405 g/mol. The van der Waals surface area contributed by atoms with Crippen molar-refractivity contribution in [3.63, 3.8) is 0 Å². The van der Waals surface area contributed by atoms with E-state index in [1.807, 2.05) is 55.5 Å².